The van der Waals surface area contributed by atoms with Gasteiger partial charge in [0, 0.05) is 10.7 Å². The summed E-state index contributed by atoms with van der Waals surface area (Å²) in [6.45, 7) is 0. The van der Waals surface area contributed by atoms with E-state index in [0.717, 1.165) is 31.4 Å². The Balaban J connectivity index is 1.57. The molecule has 4 bridgehead atoms. The number of amides is 1. The number of halogens is 1. The van der Waals surface area contributed by atoms with Crippen LogP contribution >= 0.6 is 11.6 Å². The Morgan fingerprint density at radius 2 is 1.76 bits per heavy atom. The summed E-state index contributed by atoms with van der Waals surface area (Å²) in [6, 6.07) is 7.22. The third-order valence-electron chi connectivity index (χ3n) is 5.61. The maximum Gasteiger partial charge on any atom is 0.230 e. The summed E-state index contributed by atoms with van der Waals surface area (Å²) in [7, 11) is 0. The van der Waals surface area contributed by atoms with Gasteiger partial charge in [-0.25, -0.2) is 0 Å². The Morgan fingerprint density at radius 3 is 2.33 bits per heavy atom. The second kappa shape index (κ2) is 4.47. The maximum absolute atomic E-state index is 12.8. The predicted octanol–water partition coefficient (Wildman–Crippen LogP) is 3.61. The summed E-state index contributed by atoms with van der Waals surface area (Å²) in [6.07, 6.45) is 5.47. The molecule has 0 heterocycles. The number of anilines is 1. The summed E-state index contributed by atoms with van der Waals surface area (Å²) in [4.78, 5) is 12.8. The first-order chi connectivity index (χ1) is 9.96. The third kappa shape index (κ3) is 2.27. The van der Waals surface area contributed by atoms with Crippen molar-refractivity contribution < 1.29 is 9.90 Å². The Kier molecular flexibility index (Phi) is 2.89. The largest absolute Gasteiger partial charge is 0.390 e. The first-order valence-electron chi connectivity index (χ1n) is 7.76. The first-order valence-corrected chi connectivity index (χ1v) is 8.14. The summed E-state index contributed by atoms with van der Waals surface area (Å²) in [5.74, 6) is 1.12. The van der Waals surface area contributed by atoms with Crippen LogP contribution in [0.15, 0.2) is 24.3 Å². The van der Waals surface area contributed by atoms with Gasteiger partial charge >= 0.3 is 0 Å². The highest BCUT2D eigenvalue weighted by molar-refractivity contribution is 6.30. The van der Waals surface area contributed by atoms with Gasteiger partial charge < -0.3 is 10.4 Å². The van der Waals surface area contributed by atoms with Crippen LogP contribution in [0.2, 0.25) is 5.02 Å². The number of hydrogen-bond acceptors (Lipinski definition) is 2. The topological polar surface area (TPSA) is 49.3 Å². The normalized spacial score (nSPS) is 40.3. The zero-order chi connectivity index (χ0) is 14.7. The van der Waals surface area contributed by atoms with Crippen molar-refractivity contribution in [3.05, 3.63) is 29.3 Å². The quantitative estimate of drug-likeness (QED) is 0.877. The third-order valence-corrected chi connectivity index (χ3v) is 5.87. The first kappa shape index (κ1) is 13.6. The van der Waals surface area contributed by atoms with Crippen LogP contribution in [0.1, 0.15) is 38.5 Å². The molecule has 21 heavy (non-hydrogen) atoms. The molecule has 0 spiro atoms. The van der Waals surface area contributed by atoms with Gasteiger partial charge in [0.1, 0.15) is 0 Å². The van der Waals surface area contributed by atoms with Crippen molar-refractivity contribution in [2.24, 2.45) is 17.3 Å². The fourth-order valence-electron chi connectivity index (χ4n) is 5.28. The number of hydrogen-bond donors (Lipinski definition) is 2. The minimum Gasteiger partial charge on any atom is -0.390 e. The van der Waals surface area contributed by atoms with Gasteiger partial charge in [-0.15, -0.1) is 0 Å². The van der Waals surface area contributed by atoms with E-state index in [-0.39, 0.29) is 11.3 Å². The number of carbonyl (C=O) groups excluding carboxylic acids is 1. The Hall–Kier alpha value is -1.06. The van der Waals surface area contributed by atoms with Crippen LogP contribution in [0.25, 0.3) is 0 Å². The van der Waals surface area contributed by atoms with Crippen LogP contribution in [0, 0.1) is 17.3 Å². The van der Waals surface area contributed by atoms with Gasteiger partial charge in [-0.05, 0) is 74.6 Å². The van der Waals surface area contributed by atoms with Gasteiger partial charge in [0.25, 0.3) is 0 Å². The Bertz CT molecular complexity index is 569. The fourth-order valence-corrected chi connectivity index (χ4v) is 5.40. The standard InChI is InChI=1S/C17H20ClNO2/c18-13-1-3-14(4-2-13)19-15(20)16-6-11-5-12(7-16)9-17(21,8-11)10-16/h1-4,11-12,21H,5-10H2,(H,19,20)/t11-,12-,16?,17?/m0/s1. The van der Waals surface area contributed by atoms with Gasteiger partial charge in [0.2, 0.25) is 5.91 Å². The van der Waals surface area contributed by atoms with Gasteiger partial charge in [-0.2, -0.15) is 0 Å². The van der Waals surface area contributed by atoms with Crippen molar-refractivity contribution in [2.75, 3.05) is 5.32 Å². The molecule has 4 fully saturated rings. The van der Waals surface area contributed by atoms with E-state index in [0.29, 0.717) is 23.3 Å². The molecule has 1 aromatic rings. The van der Waals surface area contributed by atoms with Gasteiger partial charge in [-0.1, -0.05) is 11.6 Å². The van der Waals surface area contributed by atoms with Crippen molar-refractivity contribution in [3.8, 4) is 0 Å². The predicted molar refractivity (Wildman–Crippen MR) is 82.1 cm³/mol. The molecule has 0 radical (unpaired) electrons. The highest BCUT2D eigenvalue weighted by Gasteiger charge is 2.60. The molecular weight excluding hydrogens is 286 g/mol. The fraction of sp³-hybridized carbons (Fsp3) is 0.588. The second-order valence-electron chi connectivity index (χ2n) is 7.43. The van der Waals surface area contributed by atoms with Crippen LogP contribution in [-0.2, 0) is 4.79 Å². The molecule has 0 aliphatic heterocycles. The number of carbonyl (C=O) groups is 1. The summed E-state index contributed by atoms with van der Waals surface area (Å²) in [5.41, 5.74) is -0.174. The monoisotopic (exact) mass is 305 g/mol. The molecule has 0 saturated heterocycles. The minimum atomic E-state index is -0.596. The summed E-state index contributed by atoms with van der Waals surface area (Å²) < 4.78 is 0. The van der Waals surface area contributed by atoms with E-state index in [1.165, 1.54) is 6.42 Å². The van der Waals surface area contributed by atoms with Crippen molar-refractivity contribution >= 4 is 23.2 Å². The second-order valence-corrected chi connectivity index (χ2v) is 7.86. The number of nitrogens with one attached hydrogen (secondary N) is 1. The molecule has 4 aliphatic carbocycles. The zero-order valence-corrected chi connectivity index (χ0v) is 12.7. The van der Waals surface area contributed by atoms with Crippen molar-refractivity contribution in [1.82, 2.24) is 0 Å². The van der Waals surface area contributed by atoms with Crippen molar-refractivity contribution in [3.63, 3.8) is 0 Å². The van der Waals surface area contributed by atoms with Crippen LogP contribution in [0.3, 0.4) is 0 Å². The average Bonchev–Trinajstić information content (AvgIpc) is 2.38. The van der Waals surface area contributed by atoms with Crippen molar-refractivity contribution in [2.45, 2.75) is 44.1 Å². The lowest BCUT2D eigenvalue weighted by atomic mass is 9.47. The van der Waals surface area contributed by atoms with Gasteiger partial charge in [-0.3, -0.25) is 4.79 Å². The highest BCUT2D eigenvalue weighted by Crippen LogP contribution is 2.61. The minimum absolute atomic E-state index is 0.0809. The molecule has 4 aliphatic rings. The van der Waals surface area contributed by atoms with Gasteiger partial charge in [0.15, 0.2) is 0 Å². The van der Waals surface area contributed by atoms with E-state index >= 15 is 0 Å². The molecule has 0 unspecified atom stereocenters. The van der Waals surface area contributed by atoms with E-state index < -0.39 is 5.60 Å². The number of aliphatic hydroxyl groups is 1. The number of rotatable bonds is 2. The van der Waals surface area contributed by atoms with Gasteiger partial charge in [0.05, 0.1) is 11.0 Å². The van der Waals surface area contributed by atoms with Crippen molar-refractivity contribution in [1.29, 1.82) is 0 Å². The van der Waals surface area contributed by atoms with Crippen LogP contribution < -0.4 is 5.32 Å². The lowest BCUT2D eigenvalue weighted by Crippen LogP contribution is -2.59. The molecule has 2 N–H and O–H groups in total. The SMILES string of the molecule is O=C(Nc1ccc(Cl)cc1)C12C[C@@H]3C[C@H](CC(O)(C3)C1)C2. The molecule has 1 aromatic carbocycles. The highest BCUT2D eigenvalue weighted by atomic mass is 35.5. The Morgan fingerprint density at radius 1 is 1.14 bits per heavy atom. The molecule has 4 saturated carbocycles. The summed E-state index contributed by atoms with van der Waals surface area (Å²) >= 11 is 5.88. The smallest absolute Gasteiger partial charge is 0.230 e. The van der Waals surface area contributed by atoms with E-state index in [4.69, 9.17) is 11.6 Å². The van der Waals surface area contributed by atoms with Crippen LogP contribution in [-0.4, -0.2) is 16.6 Å². The molecular formula is C17H20ClNO2. The average molecular weight is 306 g/mol. The van der Waals surface area contributed by atoms with E-state index in [9.17, 15) is 9.90 Å². The van der Waals surface area contributed by atoms with Crippen LogP contribution in [0.4, 0.5) is 5.69 Å². The molecule has 1 amide bonds. The summed E-state index contributed by atoms with van der Waals surface area (Å²) in [5, 5.41) is 14.4. The molecule has 2 atom stereocenters. The molecule has 5 rings (SSSR count). The van der Waals surface area contributed by atoms with Crippen LogP contribution in [0.5, 0.6) is 0 Å². The molecule has 0 aromatic heterocycles. The lowest BCUT2D eigenvalue weighted by molar-refractivity contribution is -0.174. The zero-order valence-electron chi connectivity index (χ0n) is 11.9. The van der Waals surface area contributed by atoms with E-state index in [1.807, 2.05) is 12.1 Å². The molecule has 4 heteroatoms. The Labute approximate surface area is 129 Å². The number of benzene rings is 1. The lowest BCUT2D eigenvalue weighted by Gasteiger charge is -2.59. The molecule has 3 nitrogen and oxygen atoms in total. The maximum atomic E-state index is 12.8. The van der Waals surface area contributed by atoms with E-state index in [2.05, 4.69) is 5.32 Å². The van der Waals surface area contributed by atoms with E-state index in [1.54, 1.807) is 12.1 Å². The molecule has 112 valence electrons.